The Morgan fingerprint density at radius 2 is 2.02 bits per heavy atom. The van der Waals surface area contributed by atoms with Crippen molar-refractivity contribution in [2.75, 3.05) is 39.1 Å². The maximum atomic E-state index is 13.7. The Balaban J connectivity index is 1.24. The van der Waals surface area contributed by atoms with Gasteiger partial charge in [0.15, 0.2) is 0 Å². The number of methoxy groups -OCH3 is 1. The third kappa shape index (κ3) is 8.37. The molecule has 0 radical (unpaired) electrons. The van der Waals surface area contributed by atoms with E-state index in [4.69, 9.17) is 27.1 Å². The van der Waals surface area contributed by atoms with Gasteiger partial charge in [-0.25, -0.2) is 14.4 Å². The van der Waals surface area contributed by atoms with Crippen LogP contribution in [0.2, 0.25) is 5.02 Å². The van der Waals surface area contributed by atoms with Gasteiger partial charge in [-0.1, -0.05) is 24.4 Å². The lowest BCUT2D eigenvalue weighted by molar-refractivity contribution is -0.130. The van der Waals surface area contributed by atoms with Crippen molar-refractivity contribution in [3.8, 4) is 5.75 Å². The number of amides is 2. The Labute approximate surface area is 267 Å². The summed E-state index contributed by atoms with van der Waals surface area (Å²) in [7, 11) is 3.64. The van der Waals surface area contributed by atoms with E-state index in [2.05, 4.69) is 30.8 Å². The molecule has 13 heteroatoms. The molecule has 0 aliphatic carbocycles. The molecular weight excluding hydrogens is 599 g/mol. The first-order valence-corrected chi connectivity index (χ1v) is 15.7. The molecule has 5 rings (SSSR count). The standard InChI is InChI=1S/C32H40ClFN8O3/c1-42-16-20(17-42)32(44)41-26(6-4-3-5-7-29(35)43)31-36-15-22(40-31)9-8-19-12-23-27(14-28(19)45-2)37-18-38-30(23)39-21-10-11-25(34)24(33)13-21/h10-14,18,20,22,26H,3-9,15-17H2,1-2H3,(H2,35,43)(H,36,40)(H,41,44)(H,37,38,39)/t22?,26-/m0/s1. The third-order valence-electron chi connectivity index (χ3n) is 8.31. The number of rotatable bonds is 15. The van der Waals surface area contributed by atoms with Crippen LogP contribution in [0.4, 0.5) is 15.9 Å². The van der Waals surface area contributed by atoms with Gasteiger partial charge in [0.05, 0.1) is 36.2 Å². The number of carbonyl (C=O) groups excluding carboxylic acids is 2. The van der Waals surface area contributed by atoms with Crippen LogP contribution >= 0.6 is 11.6 Å². The van der Waals surface area contributed by atoms with E-state index in [-0.39, 0.29) is 34.8 Å². The Kier molecular flexibility index (Phi) is 10.7. The molecule has 2 aliphatic heterocycles. The van der Waals surface area contributed by atoms with E-state index >= 15 is 0 Å². The normalized spacial score (nSPS) is 17.3. The van der Waals surface area contributed by atoms with Gasteiger partial charge in [0, 0.05) is 42.7 Å². The van der Waals surface area contributed by atoms with Gasteiger partial charge < -0.3 is 31.3 Å². The van der Waals surface area contributed by atoms with Crippen molar-refractivity contribution in [1.29, 1.82) is 0 Å². The molecule has 3 heterocycles. The fraction of sp³-hybridized carbons (Fsp3) is 0.469. The van der Waals surface area contributed by atoms with Crippen molar-refractivity contribution in [1.82, 2.24) is 25.5 Å². The summed E-state index contributed by atoms with van der Waals surface area (Å²) in [5, 5.41) is 10.8. The number of aryl methyl sites for hydroxylation is 1. The number of hydrogen-bond donors (Lipinski definition) is 4. The highest BCUT2D eigenvalue weighted by Crippen LogP contribution is 2.31. The number of primary amides is 1. The summed E-state index contributed by atoms with van der Waals surface area (Å²) in [6.45, 7) is 2.12. The molecular formula is C32H40ClFN8O3. The number of aromatic nitrogens is 2. The number of carbonyl (C=O) groups is 2. The number of hydrogen-bond acceptors (Lipinski definition) is 9. The molecule has 45 heavy (non-hydrogen) atoms. The minimum Gasteiger partial charge on any atom is -0.496 e. The summed E-state index contributed by atoms with van der Waals surface area (Å²) in [5.74, 6) is 1.37. The molecule has 240 valence electrons. The Morgan fingerprint density at radius 3 is 2.76 bits per heavy atom. The van der Waals surface area contributed by atoms with E-state index in [1.165, 1.54) is 18.5 Å². The average molecular weight is 639 g/mol. The number of halogens is 2. The van der Waals surface area contributed by atoms with Gasteiger partial charge in [0.2, 0.25) is 11.8 Å². The predicted molar refractivity (Wildman–Crippen MR) is 174 cm³/mol. The number of nitrogens with zero attached hydrogens (tertiary/aromatic N) is 4. The summed E-state index contributed by atoms with van der Waals surface area (Å²) in [6, 6.07) is 8.21. The van der Waals surface area contributed by atoms with Crippen LogP contribution in [-0.2, 0) is 16.0 Å². The predicted octanol–water partition coefficient (Wildman–Crippen LogP) is 3.96. The van der Waals surface area contributed by atoms with E-state index in [9.17, 15) is 14.0 Å². The van der Waals surface area contributed by atoms with Gasteiger partial charge in [-0.2, -0.15) is 0 Å². The number of fused-ring (bicyclic) bond motifs is 1. The molecule has 11 nitrogen and oxygen atoms in total. The number of amidine groups is 1. The topological polar surface area (TPSA) is 147 Å². The zero-order valence-corrected chi connectivity index (χ0v) is 26.4. The van der Waals surface area contributed by atoms with E-state index in [0.717, 1.165) is 67.7 Å². The second-order valence-corrected chi connectivity index (χ2v) is 12.2. The smallest absolute Gasteiger partial charge is 0.226 e. The fourth-order valence-electron chi connectivity index (χ4n) is 5.79. The van der Waals surface area contributed by atoms with Crippen molar-refractivity contribution in [2.45, 2.75) is 57.0 Å². The summed E-state index contributed by atoms with van der Waals surface area (Å²) in [4.78, 5) is 39.8. The van der Waals surface area contributed by atoms with E-state index in [1.807, 2.05) is 19.2 Å². The lowest BCUT2D eigenvalue weighted by Crippen LogP contribution is -2.55. The minimum atomic E-state index is -0.491. The molecule has 0 spiro atoms. The molecule has 2 aromatic carbocycles. The molecule has 2 atom stereocenters. The van der Waals surface area contributed by atoms with E-state index < -0.39 is 5.82 Å². The number of anilines is 2. The average Bonchev–Trinajstić information content (AvgIpc) is 3.48. The van der Waals surface area contributed by atoms with Crippen LogP contribution in [0, 0.1) is 11.7 Å². The largest absolute Gasteiger partial charge is 0.496 e. The minimum absolute atomic E-state index is 0.00562. The quantitative estimate of drug-likeness (QED) is 0.183. The lowest BCUT2D eigenvalue weighted by Gasteiger charge is -2.36. The highest BCUT2D eigenvalue weighted by molar-refractivity contribution is 6.31. The Hall–Kier alpha value is -4.03. The number of nitrogens with two attached hydrogens (primary N) is 1. The first-order valence-electron chi connectivity index (χ1n) is 15.3. The van der Waals surface area contributed by atoms with Crippen LogP contribution in [0.3, 0.4) is 0 Å². The summed E-state index contributed by atoms with van der Waals surface area (Å²) in [6.07, 6.45) is 6.50. The molecule has 0 saturated carbocycles. The highest BCUT2D eigenvalue weighted by atomic mass is 35.5. The second kappa shape index (κ2) is 14.8. The number of aliphatic imine (C=N–C) groups is 1. The molecule has 3 aromatic rings. The second-order valence-electron chi connectivity index (χ2n) is 11.8. The number of ether oxygens (including phenoxy) is 1. The van der Waals surface area contributed by atoms with E-state index in [1.54, 1.807) is 13.2 Å². The Morgan fingerprint density at radius 1 is 1.20 bits per heavy atom. The molecule has 2 aliphatic rings. The van der Waals surface area contributed by atoms with Crippen LogP contribution in [-0.4, -0.2) is 78.4 Å². The van der Waals surface area contributed by atoms with Crippen molar-refractivity contribution in [3.63, 3.8) is 0 Å². The maximum absolute atomic E-state index is 13.7. The molecule has 1 saturated heterocycles. The third-order valence-corrected chi connectivity index (χ3v) is 8.60. The highest BCUT2D eigenvalue weighted by Gasteiger charge is 2.33. The van der Waals surface area contributed by atoms with Crippen LogP contribution in [0.1, 0.15) is 44.1 Å². The van der Waals surface area contributed by atoms with Gasteiger partial charge in [0.1, 0.15) is 29.5 Å². The molecule has 2 amide bonds. The number of unbranched alkanes of at least 4 members (excludes halogenated alkanes) is 2. The molecule has 5 N–H and O–H groups in total. The molecule has 0 bridgehead atoms. The van der Waals surface area contributed by atoms with Crippen LogP contribution in [0.15, 0.2) is 41.7 Å². The number of likely N-dealkylation sites (tertiary alicyclic amines) is 1. The fourth-order valence-corrected chi connectivity index (χ4v) is 5.97. The van der Waals surface area contributed by atoms with Crippen molar-refractivity contribution < 1.29 is 18.7 Å². The zero-order valence-electron chi connectivity index (χ0n) is 25.6. The van der Waals surface area contributed by atoms with E-state index in [0.29, 0.717) is 36.4 Å². The number of benzene rings is 2. The van der Waals surface area contributed by atoms with Crippen LogP contribution < -0.4 is 26.4 Å². The lowest BCUT2D eigenvalue weighted by atomic mass is 9.98. The molecule has 1 fully saturated rings. The molecule has 1 unspecified atom stereocenters. The van der Waals surface area contributed by atoms with Crippen molar-refractivity contribution in [2.24, 2.45) is 16.6 Å². The van der Waals surface area contributed by atoms with Gasteiger partial charge in [-0.05, 0) is 62.6 Å². The summed E-state index contributed by atoms with van der Waals surface area (Å²) in [5.41, 5.74) is 7.59. The van der Waals surface area contributed by atoms with Gasteiger partial charge in [0.25, 0.3) is 0 Å². The maximum Gasteiger partial charge on any atom is 0.226 e. The summed E-state index contributed by atoms with van der Waals surface area (Å²) < 4.78 is 19.4. The van der Waals surface area contributed by atoms with Gasteiger partial charge in [-0.15, -0.1) is 0 Å². The van der Waals surface area contributed by atoms with Crippen molar-refractivity contribution >= 4 is 51.7 Å². The first kappa shape index (κ1) is 32.4. The SMILES string of the molecule is COc1cc2ncnc(Nc3ccc(F)c(Cl)c3)c2cc1CCC1CN=C([C@H](CCCCCC(N)=O)NC(=O)C2CN(C)C2)N1. The van der Waals surface area contributed by atoms with Gasteiger partial charge >= 0.3 is 0 Å². The first-order chi connectivity index (χ1) is 21.7. The Bertz CT molecular complexity index is 1560. The molecule has 1 aromatic heterocycles. The van der Waals surface area contributed by atoms with Crippen LogP contribution in [0.25, 0.3) is 10.9 Å². The summed E-state index contributed by atoms with van der Waals surface area (Å²) >= 11 is 5.98. The van der Waals surface area contributed by atoms with Crippen molar-refractivity contribution in [3.05, 3.63) is 53.1 Å². The zero-order chi connectivity index (χ0) is 31.9. The number of nitrogens with one attached hydrogen (secondary N) is 3. The monoisotopic (exact) mass is 638 g/mol. The van der Waals surface area contributed by atoms with Crippen LogP contribution in [0.5, 0.6) is 5.75 Å². The van der Waals surface area contributed by atoms with Gasteiger partial charge in [-0.3, -0.25) is 14.6 Å².